The largest absolute Gasteiger partial charge is 0.554 e. The normalized spacial score (nSPS) is 25.1. The first-order valence-corrected chi connectivity index (χ1v) is 4.27. The second-order valence-corrected chi connectivity index (χ2v) is 3.26. The summed E-state index contributed by atoms with van der Waals surface area (Å²) in [7, 11) is -1.77. The number of carbonyl (C=O) groups is 1. The van der Waals surface area contributed by atoms with Crippen LogP contribution in [-0.4, -0.2) is 18.4 Å². The highest BCUT2D eigenvalue weighted by atomic mass is 31.1. The van der Waals surface area contributed by atoms with Crippen molar-refractivity contribution in [2.24, 2.45) is 0 Å². The molecule has 56 valence electrons. The van der Waals surface area contributed by atoms with E-state index in [1.807, 2.05) is 0 Å². The van der Waals surface area contributed by atoms with Gasteiger partial charge in [0.15, 0.2) is 0 Å². The summed E-state index contributed by atoms with van der Waals surface area (Å²) < 4.78 is 20.1. The summed E-state index contributed by atoms with van der Waals surface area (Å²) in [5.74, 6) is -0.782. The molecule has 10 heavy (non-hydrogen) atoms. The molecule has 0 bridgehead atoms. The van der Waals surface area contributed by atoms with Crippen LogP contribution >= 0.6 is 8.03 Å². The van der Waals surface area contributed by atoms with Gasteiger partial charge in [-0.15, -0.1) is 4.52 Å². The van der Waals surface area contributed by atoms with Gasteiger partial charge in [0.05, 0.1) is 6.61 Å². The van der Waals surface area contributed by atoms with Crippen molar-refractivity contribution < 1.29 is 18.6 Å². The van der Waals surface area contributed by atoms with Gasteiger partial charge in [-0.05, 0) is 11.5 Å². The van der Waals surface area contributed by atoms with Gasteiger partial charge < -0.3 is 4.74 Å². The third-order valence-electron chi connectivity index (χ3n) is 1.10. The molecule has 1 rings (SSSR count). The average molecular weight is 163 g/mol. The Kier molecular flexibility index (Phi) is 2.35. The van der Waals surface area contributed by atoms with Gasteiger partial charge in [0, 0.05) is 0 Å². The van der Waals surface area contributed by atoms with Gasteiger partial charge in [0.2, 0.25) is 0 Å². The molecule has 0 aromatic heterocycles. The van der Waals surface area contributed by atoms with Crippen LogP contribution in [0.4, 0.5) is 0 Å². The zero-order valence-electron chi connectivity index (χ0n) is 5.57. The maximum absolute atomic E-state index is 10.8. The fraction of sp³-hybridized carbons (Fsp3) is 0.800. The fourth-order valence-electron chi connectivity index (χ4n) is 0.613. The van der Waals surface area contributed by atoms with Gasteiger partial charge in [-0.2, -0.15) is 0 Å². The summed E-state index contributed by atoms with van der Waals surface area (Å²) in [6, 6.07) is 0. The predicted molar refractivity (Wildman–Crippen MR) is 33.7 cm³/mol. The van der Waals surface area contributed by atoms with E-state index in [-0.39, 0.29) is 12.4 Å². The number of hydrogen-bond donors (Lipinski definition) is 0. The lowest BCUT2D eigenvalue weighted by molar-refractivity contribution is -0.161. The van der Waals surface area contributed by atoms with Crippen molar-refractivity contribution in [1.82, 2.24) is 0 Å². The summed E-state index contributed by atoms with van der Waals surface area (Å²) in [6.45, 7) is 2.14. The summed E-state index contributed by atoms with van der Waals surface area (Å²) >= 11 is 0. The van der Waals surface area contributed by atoms with Crippen LogP contribution in [-0.2, 0) is 18.6 Å². The van der Waals surface area contributed by atoms with E-state index in [0.29, 0.717) is 6.61 Å². The van der Waals surface area contributed by atoms with E-state index < -0.39 is 13.9 Å². The third-order valence-corrected chi connectivity index (χ3v) is 2.37. The molecule has 0 radical (unpaired) electrons. The van der Waals surface area contributed by atoms with Gasteiger partial charge in [0.1, 0.15) is 6.42 Å². The van der Waals surface area contributed by atoms with Crippen LogP contribution in [0.5, 0.6) is 0 Å². The molecule has 1 saturated heterocycles. The van der Waals surface area contributed by atoms with Crippen molar-refractivity contribution >= 4 is 14.0 Å². The lowest BCUT2D eigenvalue weighted by atomic mass is 10.4. The van der Waals surface area contributed by atoms with Crippen LogP contribution in [0.15, 0.2) is 0 Å². The lowest BCUT2D eigenvalue weighted by Gasteiger charge is -2.14. The number of esters is 1. The van der Waals surface area contributed by atoms with Gasteiger partial charge in [-0.1, -0.05) is 0 Å². The van der Waals surface area contributed by atoms with Crippen LogP contribution in [0, 0.1) is 0 Å². The molecule has 4 nitrogen and oxygen atoms in total. The van der Waals surface area contributed by atoms with Crippen LogP contribution < -0.4 is 0 Å². The molecule has 1 aliphatic rings. The highest BCUT2D eigenvalue weighted by Crippen LogP contribution is 2.37. The molecule has 0 spiro atoms. The molecule has 1 fully saturated rings. The summed E-state index contributed by atoms with van der Waals surface area (Å²) in [6.07, 6.45) is 0.231. The molecule has 0 aromatic carbocycles. The van der Waals surface area contributed by atoms with Gasteiger partial charge >= 0.3 is 19.8 Å². The van der Waals surface area contributed by atoms with E-state index >= 15 is 0 Å². The Morgan fingerprint density at radius 2 is 2.50 bits per heavy atom. The topological polar surface area (TPSA) is 52.6 Å². The van der Waals surface area contributed by atoms with Crippen molar-refractivity contribution in [2.75, 3.05) is 6.61 Å². The molecule has 1 aliphatic heterocycles. The first-order chi connectivity index (χ1) is 4.74. The Morgan fingerprint density at radius 1 is 1.90 bits per heavy atom. The van der Waals surface area contributed by atoms with Gasteiger partial charge in [-0.25, -0.2) is 0 Å². The highest BCUT2D eigenvalue weighted by molar-refractivity contribution is 7.40. The summed E-state index contributed by atoms with van der Waals surface area (Å²) in [5.41, 5.74) is 0. The number of ether oxygens (including phenoxy) is 1. The van der Waals surface area contributed by atoms with Crippen molar-refractivity contribution in [3.05, 3.63) is 0 Å². The van der Waals surface area contributed by atoms with Crippen LogP contribution in [0.1, 0.15) is 13.3 Å². The molecule has 2 atom stereocenters. The standard InChI is InChI=1S/C5H8O4P/c1-2-8-10(7)5-3-4(6)9-5/h5H,2-3H2,1H3/q+1. The van der Waals surface area contributed by atoms with E-state index in [1.165, 1.54) is 0 Å². The van der Waals surface area contributed by atoms with Gasteiger partial charge in [0.25, 0.3) is 0 Å². The quantitative estimate of drug-likeness (QED) is 0.460. The third kappa shape index (κ3) is 1.52. The summed E-state index contributed by atoms with van der Waals surface area (Å²) in [5, 5.41) is 0. The molecule has 0 N–H and O–H groups in total. The molecule has 0 aliphatic carbocycles. The van der Waals surface area contributed by atoms with Crippen LogP contribution in [0.3, 0.4) is 0 Å². The number of hydrogen-bond acceptors (Lipinski definition) is 4. The second-order valence-electron chi connectivity index (χ2n) is 1.85. The van der Waals surface area contributed by atoms with E-state index in [0.717, 1.165) is 0 Å². The van der Waals surface area contributed by atoms with Crippen molar-refractivity contribution in [1.29, 1.82) is 0 Å². The minimum Gasteiger partial charge on any atom is -0.413 e. The summed E-state index contributed by atoms with van der Waals surface area (Å²) in [4.78, 5) is 10.2. The number of rotatable bonds is 3. The van der Waals surface area contributed by atoms with Crippen LogP contribution in [0.2, 0.25) is 0 Å². The number of carbonyl (C=O) groups excluding carboxylic acids is 1. The molecule has 0 amide bonds. The Hall–Kier alpha value is -0.470. The molecule has 0 aromatic rings. The van der Waals surface area contributed by atoms with Crippen molar-refractivity contribution in [3.8, 4) is 0 Å². The Bertz CT molecular complexity index is 159. The first kappa shape index (κ1) is 7.63. The van der Waals surface area contributed by atoms with Crippen LogP contribution in [0.25, 0.3) is 0 Å². The second kappa shape index (κ2) is 3.08. The van der Waals surface area contributed by atoms with Gasteiger partial charge in [-0.3, -0.25) is 4.79 Å². The maximum Gasteiger partial charge on any atom is 0.554 e. The molecular weight excluding hydrogens is 155 g/mol. The van der Waals surface area contributed by atoms with E-state index in [1.54, 1.807) is 6.92 Å². The minimum atomic E-state index is -1.77. The van der Waals surface area contributed by atoms with E-state index in [4.69, 9.17) is 4.52 Å². The molecule has 0 saturated carbocycles. The lowest BCUT2D eigenvalue weighted by Crippen LogP contribution is -2.29. The monoisotopic (exact) mass is 163 g/mol. The smallest absolute Gasteiger partial charge is 0.413 e. The molecule has 2 unspecified atom stereocenters. The zero-order valence-corrected chi connectivity index (χ0v) is 6.47. The number of cyclic esters (lactones) is 1. The maximum atomic E-state index is 10.8. The van der Waals surface area contributed by atoms with Crippen molar-refractivity contribution in [3.63, 3.8) is 0 Å². The Balaban J connectivity index is 2.24. The first-order valence-electron chi connectivity index (χ1n) is 3.02. The van der Waals surface area contributed by atoms with E-state index in [9.17, 15) is 9.36 Å². The highest BCUT2D eigenvalue weighted by Gasteiger charge is 2.46. The fourth-order valence-corrected chi connectivity index (χ4v) is 1.54. The molecule has 5 heteroatoms. The minimum absolute atomic E-state index is 0.231. The van der Waals surface area contributed by atoms with E-state index in [2.05, 4.69) is 4.74 Å². The Labute approximate surface area is 59.4 Å². The Morgan fingerprint density at radius 3 is 2.90 bits per heavy atom. The molecule has 1 heterocycles. The van der Waals surface area contributed by atoms with Crippen molar-refractivity contribution in [2.45, 2.75) is 19.2 Å². The SMILES string of the molecule is CCO[P+](=O)C1CC(=O)O1. The average Bonchev–Trinajstić information content (AvgIpc) is 1.82. The molecular formula is C5H8O4P+. The zero-order chi connectivity index (χ0) is 7.56. The predicted octanol–water partition coefficient (Wildman–Crippen LogP) is 1.04.